The van der Waals surface area contributed by atoms with E-state index >= 15 is 0 Å². The van der Waals surface area contributed by atoms with Gasteiger partial charge in [-0.15, -0.1) is 0 Å². The first-order valence-corrected chi connectivity index (χ1v) is 8.37. The standard InChI is InChI=1S/C14H20N2O2S/c1-2-9-4-3-5-10(6-9)13-15-14(18-16-13)11-7-19-8-12(11)17/h9-11H,2-8H2,1H3. The van der Waals surface area contributed by atoms with Crippen LogP contribution in [0.25, 0.3) is 0 Å². The van der Waals surface area contributed by atoms with Crippen LogP contribution < -0.4 is 0 Å². The van der Waals surface area contributed by atoms with Crippen LogP contribution in [0, 0.1) is 5.92 Å². The zero-order valence-electron chi connectivity index (χ0n) is 11.3. The van der Waals surface area contributed by atoms with Crippen LogP contribution in [0.1, 0.15) is 62.6 Å². The maximum absolute atomic E-state index is 11.7. The van der Waals surface area contributed by atoms with E-state index in [-0.39, 0.29) is 11.7 Å². The number of Topliss-reactive ketones (excluding diaryl/α,β-unsaturated/α-hetero) is 1. The summed E-state index contributed by atoms with van der Waals surface area (Å²) < 4.78 is 5.35. The van der Waals surface area contributed by atoms with Crippen LogP contribution in [0.3, 0.4) is 0 Å². The predicted octanol–water partition coefficient (Wildman–Crippen LogP) is 3.15. The molecule has 1 aliphatic carbocycles. The number of ketones is 1. The van der Waals surface area contributed by atoms with Gasteiger partial charge in [0.1, 0.15) is 5.92 Å². The molecule has 0 aromatic carbocycles. The van der Waals surface area contributed by atoms with Gasteiger partial charge in [-0.25, -0.2) is 0 Å². The van der Waals surface area contributed by atoms with Crippen molar-refractivity contribution in [3.63, 3.8) is 0 Å². The van der Waals surface area contributed by atoms with Crippen molar-refractivity contribution in [1.82, 2.24) is 10.1 Å². The number of carbonyl (C=O) groups is 1. The van der Waals surface area contributed by atoms with E-state index in [1.54, 1.807) is 11.8 Å². The van der Waals surface area contributed by atoms with E-state index < -0.39 is 0 Å². The van der Waals surface area contributed by atoms with Gasteiger partial charge in [-0.05, 0) is 18.8 Å². The fourth-order valence-corrected chi connectivity index (χ4v) is 4.22. The topological polar surface area (TPSA) is 56.0 Å². The number of nitrogens with zero attached hydrogens (tertiary/aromatic N) is 2. The SMILES string of the molecule is CCC1CCCC(c2noc(C3CSCC3=O)n2)C1. The first kappa shape index (κ1) is 13.2. The molecule has 0 radical (unpaired) electrons. The molecule has 3 atom stereocenters. The van der Waals surface area contributed by atoms with E-state index in [0.29, 0.717) is 17.6 Å². The minimum absolute atomic E-state index is 0.156. The van der Waals surface area contributed by atoms with Crippen molar-refractivity contribution >= 4 is 17.5 Å². The molecule has 2 heterocycles. The molecule has 0 spiro atoms. The molecule has 19 heavy (non-hydrogen) atoms. The fourth-order valence-electron chi connectivity index (χ4n) is 3.13. The number of carbonyl (C=O) groups excluding carboxylic acids is 1. The van der Waals surface area contributed by atoms with Gasteiger partial charge in [0.25, 0.3) is 0 Å². The van der Waals surface area contributed by atoms with Crippen molar-refractivity contribution in [2.45, 2.75) is 50.9 Å². The lowest BCUT2D eigenvalue weighted by molar-refractivity contribution is -0.117. The van der Waals surface area contributed by atoms with Crippen LogP contribution in [0.2, 0.25) is 0 Å². The molecule has 0 amide bonds. The van der Waals surface area contributed by atoms with Gasteiger partial charge in [0.2, 0.25) is 5.89 Å². The summed E-state index contributed by atoms with van der Waals surface area (Å²) >= 11 is 1.66. The third-order valence-corrected chi connectivity index (χ3v) is 5.46. The van der Waals surface area contributed by atoms with Gasteiger partial charge < -0.3 is 4.52 Å². The molecule has 0 bridgehead atoms. The maximum Gasteiger partial charge on any atom is 0.238 e. The van der Waals surface area contributed by atoms with E-state index in [0.717, 1.165) is 23.9 Å². The van der Waals surface area contributed by atoms with Crippen molar-refractivity contribution < 1.29 is 9.32 Å². The number of hydrogen-bond acceptors (Lipinski definition) is 5. The average Bonchev–Trinajstić information content (AvgIpc) is 3.07. The summed E-state index contributed by atoms with van der Waals surface area (Å²) in [6, 6.07) is 0. The number of aromatic nitrogens is 2. The lowest BCUT2D eigenvalue weighted by Gasteiger charge is -2.26. The summed E-state index contributed by atoms with van der Waals surface area (Å²) in [5.74, 6) is 4.06. The van der Waals surface area contributed by atoms with Gasteiger partial charge >= 0.3 is 0 Å². The Morgan fingerprint density at radius 2 is 2.32 bits per heavy atom. The second-order valence-electron chi connectivity index (χ2n) is 5.66. The summed E-state index contributed by atoms with van der Waals surface area (Å²) in [6.45, 7) is 2.25. The predicted molar refractivity (Wildman–Crippen MR) is 74.4 cm³/mol. The highest BCUT2D eigenvalue weighted by Gasteiger charge is 2.33. The zero-order chi connectivity index (χ0) is 13.2. The third kappa shape index (κ3) is 2.71. The highest BCUT2D eigenvalue weighted by atomic mass is 32.2. The second-order valence-corrected chi connectivity index (χ2v) is 6.69. The molecule has 3 unspecified atom stereocenters. The maximum atomic E-state index is 11.7. The molecule has 1 saturated heterocycles. The van der Waals surface area contributed by atoms with E-state index in [1.807, 2.05) is 0 Å². The molecular formula is C14H20N2O2S. The van der Waals surface area contributed by atoms with Crippen molar-refractivity contribution in [3.8, 4) is 0 Å². The van der Waals surface area contributed by atoms with Crippen LogP contribution in [0.4, 0.5) is 0 Å². The van der Waals surface area contributed by atoms with Crippen LogP contribution >= 0.6 is 11.8 Å². The van der Waals surface area contributed by atoms with E-state index in [1.165, 1.54) is 25.7 Å². The molecule has 3 rings (SSSR count). The molecule has 104 valence electrons. The van der Waals surface area contributed by atoms with Crippen molar-refractivity contribution in [3.05, 3.63) is 11.7 Å². The lowest BCUT2D eigenvalue weighted by Crippen LogP contribution is -2.15. The van der Waals surface area contributed by atoms with Crippen molar-refractivity contribution in [2.75, 3.05) is 11.5 Å². The first-order valence-electron chi connectivity index (χ1n) is 7.22. The summed E-state index contributed by atoms with van der Waals surface area (Å²) in [7, 11) is 0. The third-order valence-electron chi connectivity index (χ3n) is 4.40. The summed E-state index contributed by atoms with van der Waals surface area (Å²) in [4.78, 5) is 16.2. The second kappa shape index (κ2) is 5.65. The molecule has 0 N–H and O–H groups in total. The van der Waals surface area contributed by atoms with Gasteiger partial charge in [-0.1, -0.05) is 31.3 Å². The van der Waals surface area contributed by atoms with Crippen LogP contribution in [-0.2, 0) is 4.79 Å². The molecule has 2 fully saturated rings. The van der Waals surface area contributed by atoms with Gasteiger partial charge in [0.15, 0.2) is 11.6 Å². The number of thioether (sulfide) groups is 1. The quantitative estimate of drug-likeness (QED) is 0.851. The molecule has 1 aromatic rings. The summed E-state index contributed by atoms with van der Waals surface area (Å²) in [5.41, 5.74) is 0. The van der Waals surface area contributed by atoms with E-state index in [2.05, 4.69) is 17.1 Å². The minimum Gasteiger partial charge on any atom is -0.339 e. The van der Waals surface area contributed by atoms with Crippen LogP contribution in [-0.4, -0.2) is 27.4 Å². The van der Waals surface area contributed by atoms with Crippen molar-refractivity contribution in [1.29, 1.82) is 0 Å². The zero-order valence-corrected chi connectivity index (χ0v) is 12.1. The number of hydrogen-bond donors (Lipinski definition) is 0. The Hall–Kier alpha value is -0.840. The molecule has 5 heteroatoms. The van der Waals surface area contributed by atoms with Crippen LogP contribution in [0.15, 0.2) is 4.52 Å². The smallest absolute Gasteiger partial charge is 0.238 e. The Labute approximate surface area is 117 Å². The molecule has 1 aliphatic heterocycles. The molecular weight excluding hydrogens is 260 g/mol. The Bertz CT molecular complexity index is 460. The molecule has 1 saturated carbocycles. The van der Waals surface area contributed by atoms with E-state index in [4.69, 9.17) is 4.52 Å². The Morgan fingerprint density at radius 1 is 1.42 bits per heavy atom. The summed E-state index contributed by atoms with van der Waals surface area (Å²) in [6.07, 6.45) is 6.14. The van der Waals surface area contributed by atoms with E-state index in [9.17, 15) is 4.79 Å². The summed E-state index contributed by atoms with van der Waals surface area (Å²) in [5, 5.41) is 4.14. The van der Waals surface area contributed by atoms with Crippen LogP contribution in [0.5, 0.6) is 0 Å². The lowest BCUT2D eigenvalue weighted by atomic mass is 9.80. The highest BCUT2D eigenvalue weighted by molar-refractivity contribution is 8.00. The molecule has 4 nitrogen and oxygen atoms in total. The van der Waals surface area contributed by atoms with Gasteiger partial charge in [0, 0.05) is 11.7 Å². The van der Waals surface area contributed by atoms with Gasteiger partial charge in [0.05, 0.1) is 5.75 Å². The van der Waals surface area contributed by atoms with Gasteiger partial charge in [-0.3, -0.25) is 4.79 Å². The largest absolute Gasteiger partial charge is 0.339 e. The Kier molecular flexibility index (Phi) is 3.91. The minimum atomic E-state index is -0.156. The monoisotopic (exact) mass is 280 g/mol. The van der Waals surface area contributed by atoms with Crippen molar-refractivity contribution in [2.24, 2.45) is 5.92 Å². The normalized spacial score (nSPS) is 31.8. The average molecular weight is 280 g/mol. The fraction of sp³-hybridized carbons (Fsp3) is 0.786. The van der Waals surface area contributed by atoms with Gasteiger partial charge in [-0.2, -0.15) is 16.7 Å². The highest BCUT2D eigenvalue weighted by Crippen LogP contribution is 2.37. The number of rotatable bonds is 3. The first-order chi connectivity index (χ1) is 9.28. The molecule has 2 aliphatic rings. The molecule has 1 aromatic heterocycles. The Balaban J connectivity index is 1.72. The Morgan fingerprint density at radius 3 is 3.05 bits per heavy atom.